The molecule has 3 nitrogen and oxygen atoms in total. The van der Waals surface area contributed by atoms with Crippen LogP contribution in [0.4, 0.5) is 0 Å². The minimum Gasteiger partial charge on any atom is -0.489 e. The van der Waals surface area contributed by atoms with Gasteiger partial charge in [0.1, 0.15) is 11.9 Å². The third-order valence-electron chi connectivity index (χ3n) is 2.92. The molecule has 0 bridgehead atoms. The lowest BCUT2D eigenvalue weighted by molar-refractivity contribution is 0.215. The van der Waals surface area contributed by atoms with Crippen LogP contribution in [-0.2, 0) is 0 Å². The summed E-state index contributed by atoms with van der Waals surface area (Å²) >= 11 is 3.46. The summed E-state index contributed by atoms with van der Waals surface area (Å²) in [6.07, 6.45) is 2.70. The summed E-state index contributed by atoms with van der Waals surface area (Å²) in [4.78, 5) is 4.13. The van der Waals surface area contributed by atoms with E-state index in [-0.39, 0.29) is 6.10 Å². The number of halogens is 1. The predicted octanol–water partition coefficient (Wildman–Crippen LogP) is 4.02. The number of benzene rings is 1. The van der Waals surface area contributed by atoms with Crippen LogP contribution >= 0.6 is 15.9 Å². The Bertz CT molecular complexity index is 599. The fourth-order valence-corrected chi connectivity index (χ4v) is 2.20. The molecule has 1 N–H and O–H groups in total. The Morgan fingerprint density at radius 1 is 1.15 bits per heavy atom. The molecule has 0 aliphatic heterocycles. The van der Waals surface area contributed by atoms with Crippen LogP contribution in [0.1, 0.15) is 36.6 Å². The first-order valence-corrected chi connectivity index (χ1v) is 7.32. The van der Waals surface area contributed by atoms with Crippen LogP contribution in [0.15, 0.2) is 41.1 Å². The predicted molar refractivity (Wildman–Crippen MR) is 82.9 cm³/mol. The molecule has 1 unspecified atom stereocenters. The summed E-state index contributed by atoms with van der Waals surface area (Å²) in [5.74, 6) is 0.672. The summed E-state index contributed by atoms with van der Waals surface area (Å²) < 4.78 is 6.63. The van der Waals surface area contributed by atoms with Gasteiger partial charge < -0.3 is 9.84 Å². The maximum absolute atomic E-state index is 10.5. The molecule has 0 radical (unpaired) electrons. The summed E-state index contributed by atoms with van der Waals surface area (Å²) in [7, 11) is 0. The van der Waals surface area contributed by atoms with Crippen LogP contribution in [0.3, 0.4) is 0 Å². The van der Waals surface area contributed by atoms with Gasteiger partial charge in [0.2, 0.25) is 0 Å². The second-order valence-electron chi connectivity index (χ2n) is 5.03. The number of hydrogen-bond acceptors (Lipinski definition) is 3. The first-order chi connectivity index (χ1) is 9.47. The van der Waals surface area contributed by atoms with Crippen LogP contribution in [0.5, 0.6) is 5.75 Å². The molecule has 0 saturated carbocycles. The van der Waals surface area contributed by atoms with E-state index in [0.29, 0.717) is 5.75 Å². The zero-order valence-corrected chi connectivity index (χ0v) is 13.4. The Morgan fingerprint density at radius 3 is 2.55 bits per heavy atom. The molecule has 20 heavy (non-hydrogen) atoms. The summed E-state index contributed by atoms with van der Waals surface area (Å²) in [5.41, 5.74) is 2.66. The van der Waals surface area contributed by atoms with Gasteiger partial charge in [-0.15, -0.1) is 0 Å². The number of rotatable bonds is 4. The largest absolute Gasteiger partial charge is 0.489 e. The molecule has 1 atom stereocenters. The van der Waals surface area contributed by atoms with E-state index in [4.69, 9.17) is 4.74 Å². The molecular weight excluding hydrogens is 318 g/mol. The normalized spacial score (nSPS) is 12.5. The van der Waals surface area contributed by atoms with Crippen molar-refractivity contribution >= 4 is 15.9 Å². The Hall–Kier alpha value is -1.39. The Balaban J connectivity index is 2.28. The van der Waals surface area contributed by atoms with E-state index in [1.54, 1.807) is 12.4 Å². The lowest BCUT2D eigenvalue weighted by Crippen LogP contribution is -2.07. The van der Waals surface area contributed by atoms with Crippen LogP contribution in [0.25, 0.3) is 0 Å². The van der Waals surface area contributed by atoms with Crippen LogP contribution in [0, 0.1) is 6.92 Å². The van der Waals surface area contributed by atoms with Crippen LogP contribution < -0.4 is 4.74 Å². The average Bonchev–Trinajstić information content (AvgIpc) is 2.40. The smallest absolute Gasteiger partial charge is 0.138 e. The van der Waals surface area contributed by atoms with Gasteiger partial charge in [-0.1, -0.05) is 28.1 Å². The van der Waals surface area contributed by atoms with Gasteiger partial charge >= 0.3 is 0 Å². The third kappa shape index (κ3) is 3.58. The van der Waals surface area contributed by atoms with Gasteiger partial charge in [0.25, 0.3) is 0 Å². The van der Waals surface area contributed by atoms with E-state index >= 15 is 0 Å². The van der Waals surface area contributed by atoms with Gasteiger partial charge in [0.15, 0.2) is 0 Å². The topological polar surface area (TPSA) is 42.4 Å². The zero-order valence-electron chi connectivity index (χ0n) is 11.8. The maximum atomic E-state index is 10.5. The van der Waals surface area contributed by atoms with Gasteiger partial charge in [-0.3, -0.25) is 4.98 Å². The van der Waals surface area contributed by atoms with E-state index in [2.05, 4.69) is 20.9 Å². The number of aryl methyl sites for hydroxylation is 1. The van der Waals surface area contributed by atoms with E-state index in [1.807, 2.05) is 45.0 Å². The van der Waals surface area contributed by atoms with E-state index in [9.17, 15) is 5.11 Å². The van der Waals surface area contributed by atoms with Crippen molar-refractivity contribution in [2.75, 3.05) is 0 Å². The number of nitrogens with zero attached hydrogens (tertiary/aromatic N) is 1. The monoisotopic (exact) mass is 335 g/mol. The van der Waals surface area contributed by atoms with Crippen molar-refractivity contribution in [3.63, 3.8) is 0 Å². The lowest BCUT2D eigenvalue weighted by atomic mass is 10.0. The lowest BCUT2D eigenvalue weighted by Gasteiger charge is -2.15. The van der Waals surface area contributed by atoms with Gasteiger partial charge in [-0.05, 0) is 44.0 Å². The van der Waals surface area contributed by atoms with Crippen molar-refractivity contribution in [1.82, 2.24) is 4.98 Å². The van der Waals surface area contributed by atoms with Crippen molar-refractivity contribution in [2.24, 2.45) is 0 Å². The second kappa shape index (κ2) is 6.37. The second-order valence-corrected chi connectivity index (χ2v) is 5.89. The summed E-state index contributed by atoms with van der Waals surface area (Å²) in [5, 5.41) is 10.5. The molecule has 0 aliphatic carbocycles. The van der Waals surface area contributed by atoms with Crippen molar-refractivity contribution < 1.29 is 9.84 Å². The highest BCUT2D eigenvalue weighted by Crippen LogP contribution is 2.27. The summed E-state index contributed by atoms with van der Waals surface area (Å²) in [6.45, 7) is 5.92. The van der Waals surface area contributed by atoms with Crippen molar-refractivity contribution in [3.05, 3.63) is 57.8 Å². The fourth-order valence-electron chi connectivity index (χ4n) is 1.95. The number of aliphatic hydroxyl groups is 1. The SMILES string of the molecule is Cc1cc(C(O)c2cncc(OC(C)C)c2)ccc1Br. The van der Waals surface area contributed by atoms with Crippen LogP contribution in [-0.4, -0.2) is 16.2 Å². The van der Waals surface area contributed by atoms with E-state index < -0.39 is 6.10 Å². The molecule has 0 aliphatic rings. The molecule has 2 aromatic rings. The number of hydrogen-bond donors (Lipinski definition) is 1. The van der Waals surface area contributed by atoms with Gasteiger partial charge in [0.05, 0.1) is 12.3 Å². The van der Waals surface area contributed by atoms with Crippen molar-refractivity contribution in [2.45, 2.75) is 33.0 Å². The van der Waals surface area contributed by atoms with E-state index in [0.717, 1.165) is 21.2 Å². The molecule has 1 aromatic heterocycles. The maximum Gasteiger partial charge on any atom is 0.138 e. The Morgan fingerprint density at radius 2 is 1.90 bits per heavy atom. The number of ether oxygens (including phenoxy) is 1. The van der Waals surface area contributed by atoms with Crippen LogP contribution in [0.2, 0.25) is 0 Å². The zero-order chi connectivity index (χ0) is 14.7. The number of aromatic nitrogens is 1. The van der Waals surface area contributed by atoms with Gasteiger partial charge in [-0.25, -0.2) is 0 Å². The fraction of sp³-hybridized carbons (Fsp3) is 0.312. The molecule has 0 fully saturated rings. The van der Waals surface area contributed by atoms with E-state index in [1.165, 1.54) is 0 Å². The highest BCUT2D eigenvalue weighted by Gasteiger charge is 2.13. The molecule has 0 spiro atoms. The van der Waals surface area contributed by atoms with Gasteiger partial charge in [-0.2, -0.15) is 0 Å². The highest BCUT2D eigenvalue weighted by molar-refractivity contribution is 9.10. The van der Waals surface area contributed by atoms with Crippen molar-refractivity contribution in [3.8, 4) is 5.75 Å². The average molecular weight is 336 g/mol. The molecule has 2 rings (SSSR count). The standard InChI is InChI=1S/C16H18BrNO2/c1-10(2)20-14-7-13(8-18-9-14)16(19)12-4-5-15(17)11(3)6-12/h4-10,16,19H,1-3H3. The highest BCUT2D eigenvalue weighted by atomic mass is 79.9. The minimum absolute atomic E-state index is 0.0825. The molecule has 0 amide bonds. The number of pyridine rings is 1. The summed E-state index contributed by atoms with van der Waals surface area (Å²) in [6, 6.07) is 7.63. The minimum atomic E-state index is -0.704. The molecule has 0 saturated heterocycles. The molecule has 106 valence electrons. The first-order valence-electron chi connectivity index (χ1n) is 6.53. The molecule has 4 heteroatoms. The Labute approximate surface area is 127 Å². The Kier molecular flexibility index (Phi) is 4.78. The molecular formula is C16H18BrNO2. The molecule has 1 heterocycles. The number of aliphatic hydroxyl groups excluding tert-OH is 1. The van der Waals surface area contributed by atoms with Crippen molar-refractivity contribution in [1.29, 1.82) is 0 Å². The third-order valence-corrected chi connectivity index (χ3v) is 3.81. The first kappa shape index (κ1) is 15.0. The quantitative estimate of drug-likeness (QED) is 0.917. The molecule has 1 aromatic carbocycles. The van der Waals surface area contributed by atoms with Gasteiger partial charge in [0, 0.05) is 16.2 Å².